The molecule has 2 aromatic heterocycles. The summed E-state index contributed by atoms with van der Waals surface area (Å²) in [5.74, 6) is 1.03. The lowest BCUT2D eigenvalue weighted by Crippen LogP contribution is -2.07. The Morgan fingerprint density at radius 2 is 1.81 bits per heavy atom. The lowest BCUT2D eigenvalue weighted by Gasteiger charge is -2.09. The summed E-state index contributed by atoms with van der Waals surface area (Å²) in [5.41, 5.74) is 3.73. The topological polar surface area (TPSA) is 17.3 Å². The molecule has 0 bridgehead atoms. The second-order valence-corrected chi connectivity index (χ2v) is 5.55. The van der Waals surface area contributed by atoms with Gasteiger partial charge < -0.3 is 0 Å². The zero-order valence-corrected chi connectivity index (χ0v) is 11.5. The molecule has 0 aromatic carbocycles. The predicted molar refractivity (Wildman–Crippen MR) is 72.7 cm³/mol. The normalized spacial score (nSPS) is 11.9. The summed E-state index contributed by atoms with van der Waals surface area (Å²) >= 11 is 0. The molecule has 0 radical (unpaired) electrons. The molecule has 2 rings (SSSR count). The van der Waals surface area contributed by atoms with E-state index in [4.69, 9.17) is 0 Å². The van der Waals surface area contributed by atoms with Crippen molar-refractivity contribution in [2.75, 3.05) is 0 Å². The quantitative estimate of drug-likeness (QED) is 0.730. The highest BCUT2D eigenvalue weighted by Crippen LogP contribution is 2.20. The van der Waals surface area contributed by atoms with Gasteiger partial charge in [-0.05, 0) is 34.8 Å². The van der Waals surface area contributed by atoms with Gasteiger partial charge in [0, 0.05) is 6.20 Å². The van der Waals surface area contributed by atoms with Gasteiger partial charge in [0.05, 0.1) is 11.2 Å². The van der Waals surface area contributed by atoms with Crippen LogP contribution >= 0.6 is 9.24 Å². The van der Waals surface area contributed by atoms with Crippen LogP contribution in [0.3, 0.4) is 0 Å². The molecular formula is C13H19N2P. The van der Waals surface area contributed by atoms with E-state index in [2.05, 4.69) is 60.4 Å². The van der Waals surface area contributed by atoms with Crippen molar-refractivity contribution < 1.29 is 0 Å². The molecule has 2 aromatic rings. The molecule has 0 saturated heterocycles. The van der Waals surface area contributed by atoms with Crippen LogP contribution in [0, 0.1) is 0 Å². The lowest BCUT2D eigenvalue weighted by molar-refractivity contribution is 0.787. The molecule has 1 atom stereocenters. The molecule has 0 N–H and O–H groups in total. The predicted octanol–water partition coefficient (Wildman–Crippen LogP) is 3.08. The highest BCUT2D eigenvalue weighted by Gasteiger charge is 2.09. The Bertz CT molecular complexity index is 512. The highest BCUT2D eigenvalue weighted by atomic mass is 31.0. The van der Waals surface area contributed by atoms with Gasteiger partial charge in [-0.25, -0.2) is 4.52 Å². The summed E-state index contributed by atoms with van der Waals surface area (Å²) in [4.78, 5) is 0. The molecule has 3 heteroatoms. The fraction of sp³-hybridized carbons (Fsp3) is 0.462. The second kappa shape index (κ2) is 4.18. The zero-order chi connectivity index (χ0) is 11.9. The molecule has 1 unspecified atom stereocenters. The minimum absolute atomic E-state index is 0.482. The van der Waals surface area contributed by atoms with Crippen LogP contribution in [0.25, 0.3) is 5.52 Å². The van der Waals surface area contributed by atoms with Crippen molar-refractivity contribution in [3.8, 4) is 0 Å². The van der Waals surface area contributed by atoms with Crippen molar-refractivity contribution in [2.45, 2.75) is 39.5 Å². The van der Waals surface area contributed by atoms with Crippen LogP contribution in [0.1, 0.15) is 50.8 Å². The van der Waals surface area contributed by atoms with Gasteiger partial charge >= 0.3 is 0 Å². The van der Waals surface area contributed by atoms with E-state index in [9.17, 15) is 0 Å². The van der Waals surface area contributed by atoms with Gasteiger partial charge in [-0.1, -0.05) is 27.7 Å². The lowest BCUT2D eigenvalue weighted by atomic mass is 10.0. The molecule has 16 heavy (non-hydrogen) atoms. The fourth-order valence-electron chi connectivity index (χ4n) is 1.87. The molecule has 86 valence electrons. The molecule has 0 spiro atoms. The smallest absolute Gasteiger partial charge is 0.0667 e. The summed E-state index contributed by atoms with van der Waals surface area (Å²) in [6.45, 7) is 8.79. The number of fused-ring (bicyclic) bond motifs is 1. The molecule has 0 aliphatic rings. The van der Waals surface area contributed by atoms with E-state index in [1.807, 2.05) is 4.52 Å². The average molecular weight is 234 g/mol. The van der Waals surface area contributed by atoms with Crippen LogP contribution < -0.4 is 5.30 Å². The van der Waals surface area contributed by atoms with Crippen molar-refractivity contribution in [3.63, 3.8) is 0 Å². The van der Waals surface area contributed by atoms with Crippen LogP contribution in [0.4, 0.5) is 0 Å². The number of rotatable bonds is 2. The summed E-state index contributed by atoms with van der Waals surface area (Å²) in [7, 11) is 2.80. The first kappa shape index (κ1) is 11.6. The highest BCUT2D eigenvalue weighted by molar-refractivity contribution is 7.27. The Balaban J connectivity index is 2.61. The first-order chi connectivity index (χ1) is 7.49. The minimum atomic E-state index is 0.482. The van der Waals surface area contributed by atoms with Crippen LogP contribution in [0.2, 0.25) is 0 Å². The van der Waals surface area contributed by atoms with Gasteiger partial charge in [0.1, 0.15) is 0 Å². The van der Waals surface area contributed by atoms with E-state index in [-0.39, 0.29) is 0 Å². The van der Waals surface area contributed by atoms with Crippen LogP contribution in [0.15, 0.2) is 18.3 Å². The average Bonchev–Trinajstić information content (AvgIpc) is 2.58. The van der Waals surface area contributed by atoms with Crippen molar-refractivity contribution >= 4 is 20.1 Å². The molecule has 0 saturated carbocycles. The maximum Gasteiger partial charge on any atom is 0.0667 e. The largest absolute Gasteiger partial charge is 0.240 e. The van der Waals surface area contributed by atoms with Gasteiger partial charge in [-0.3, -0.25) is 0 Å². The van der Waals surface area contributed by atoms with Crippen molar-refractivity contribution in [2.24, 2.45) is 0 Å². The third-order valence-electron chi connectivity index (χ3n) is 2.90. The van der Waals surface area contributed by atoms with Gasteiger partial charge in [0.15, 0.2) is 0 Å². The Kier molecular flexibility index (Phi) is 3.03. The number of aromatic nitrogens is 2. The number of nitrogens with zero attached hydrogens (tertiary/aromatic N) is 2. The van der Waals surface area contributed by atoms with E-state index in [1.165, 1.54) is 16.4 Å². The van der Waals surface area contributed by atoms with E-state index < -0.39 is 0 Å². The van der Waals surface area contributed by atoms with E-state index in [0.29, 0.717) is 11.8 Å². The summed E-state index contributed by atoms with van der Waals surface area (Å²) in [5, 5.41) is 5.81. The second-order valence-electron chi connectivity index (χ2n) is 4.93. The van der Waals surface area contributed by atoms with E-state index in [0.717, 1.165) is 5.69 Å². The van der Waals surface area contributed by atoms with Gasteiger partial charge in [-0.15, -0.1) is 9.24 Å². The van der Waals surface area contributed by atoms with Gasteiger partial charge in [0.2, 0.25) is 0 Å². The number of hydrogen-bond acceptors (Lipinski definition) is 1. The monoisotopic (exact) mass is 234 g/mol. The molecule has 2 nitrogen and oxygen atoms in total. The fourth-order valence-corrected chi connectivity index (χ4v) is 2.43. The maximum absolute atomic E-state index is 4.58. The molecular weight excluding hydrogens is 215 g/mol. The number of hydrogen-bond donors (Lipinski definition) is 0. The van der Waals surface area contributed by atoms with Crippen LogP contribution in [-0.4, -0.2) is 9.61 Å². The molecule has 0 fully saturated rings. The minimum Gasteiger partial charge on any atom is -0.240 e. The van der Waals surface area contributed by atoms with Crippen molar-refractivity contribution in [1.82, 2.24) is 9.61 Å². The standard InChI is InChI=1S/C13H19N2P/c1-8(2)11-5-10-6-12(9(3)4)14-15(10)7-13(11)16/h5-9H,16H2,1-4H3. The maximum atomic E-state index is 4.58. The van der Waals surface area contributed by atoms with E-state index >= 15 is 0 Å². The molecule has 0 aliphatic carbocycles. The van der Waals surface area contributed by atoms with Crippen LogP contribution in [0.5, 0.6) is 0 Å². The van der Waals surface area contributed by atoms with Crippen LogP contribution in [-0.2, 0) is 0 Å². The summed E-state index contributed by atoms with van der Waals surface area (Å²) in [6, 6.07) is 4.42. The summed E-state index contributed by atoms with van der Waals surface area (Å²) < 4.78 is 1.98. The Labute approximate surface area is 99.3 Å². The Morgan fingerprint density at radius 3 is 2.38 bits per heavy atom. The van der Waals surface area contributed by atoms with Crippen molar-refractivity contribution in [3.05, 3.63) is 29.6 Å². The van der Waals surface area contributed by atoms with E-state index in [1.54, 1.807) is 0 Å². The van der Waals surface area contributed by atoms with Gasteiger partial charge in [0.25, 0.3) is 0 Å². The third-order valence-corrected chi connectivity index (χ3v) is 3.38. The number of pyridine rings is 1. The molecule has 2 heterocycles. The summed E-state index contributed by atoms with van der Waals surface area (Å²) in [6.07, 6.45) is 2.10. The zero-order valence-electron chi connectivity index (χ0n) is 10.4. The first-order valence-corrected chi connectivity index (χ1v) is 6.35. The SMILES string of the molecule is CC(C)c1cc2cc(C(C)C)c(P)cn2n1. The first-order valence-electron chi connectivity index (χ1n) is 5.77. The third kappa shape index (κ3) is 1.99. The molecule has 0 amide bonds. The molecule has 0 aliphatic heterocycles. The van der Waals surface area contributed by atoms with Crippen molar-refractivity contribution in [1.29, 1.82) is 0 Å². The Morgan fingerprint density at radius 1 is 1.12 bits per heavy atom. The Hall–Kier alpha value is -0.880. The van der Waals surface area contributed by atoms with Gasteiger partial charge in [-0.2, -0.15) is 5.10 Å².